The van der Waals surface area contributed by atoms with Crippen molar-refractivity contribution < 1.29 is 42.1 Å². The summed E-state index contributed by atoms with van der Waals surface area (Å²) in [5.41, 5.74) is 1.69. The third-order valence-corrected chi connectivity index (χ3v) is 7.10. The molecule has 45 heavy (non-hydrogen) atoms. The van der Waals surface area contributed by atoms with Gasteiger partial charge in [-0.25, -0.2) is 0 Å². The first-order chi connectivity index (χ1) is 21.6. The second-order valence-electron chi connectivity index (χ2n) is 10.2. The largest absolute Gasteiger partial charge is 0.497 e. The summed E-state index contributed by atoms with van der Waals surface area (Å²) in [4.78, 5) is 25.3. The number of aliphatic hydroxyl groups is 1. The third-order valence-electron chi connectivity index (χ3n) is 7.10. The smallest absolute Gasteiger partial charge is 0.471 e. The quantitative estimate of drug-likeness (QED) is 0.145. The van der Waals surface area contributed by atoms with Gasteiger partial charge in [-0.2, -0.15) is 13.2 Å². The predicted molar refractivity (Wildman–Crippen MR) is 163 cm³/mol. The molecule has 0 saturated carbocycles. The molecule has 0 aliphatic heterocycles. The van der Waals surface area contributed by atoms with Crippen LogP contribution in [0.4, 0.5) is 13.2 Å². The van der Waals surface area contributed by atoms with E-state index in [0.29, 0.717) is 44.0 Å². The minimum absolute atomic E-state index is 0.0337. The van der Waals surface area contributed by atoms with Crippen molar-refractivity contribution in [1.82, 2.24) is 15.5 Å². The Labute approximate surface area is 261 Å². The number of aliphatic hydroxyl groups excluding tert-OH is 1. The molecular weight excluding hydrogens is 591 g/mol. The highest BCUT2D eigenvalue weighted by atomic mass is 19.4. The van der Waals surface area contributed by atoms with Crippen molar-refractivity contribution in [3.63, 3.8) is 0 Å². The molecule has 3 N–H and O–H groups in total. The number of benzene rings is 3. The van der Waals surface area contributed by atoms with Crippen LogP contribution in [0.1, 0.15) is 29.5 Å². The van der Waals surface area contributed by atoms with Gasteiger partial charge in [0, 0.05) is 39.4 Å². The molecule has 2 amide bonds. The van der Waals surface area contributed by atoms with Crippen LogP contribution < -0.4 is 20.1 Å². The predicted octanol–water partition coefficient (Wildman–Crippen LogP) is 3.88. The van der Waals surface area contributed by atoms with Gasteiger partial charge >= 0.3 is 12.1 Å². The van der Waals surface area contributed by atoms with Gasteiger partial charge in [0.05, 0.1) is 20.8 Å². The van der Waals surface area contributed by atoms with Crippen LogP contribution in [0, 0.1) is 0 Å². The van der Waals surface area contributed by atoms with Gasteiger partial charge in [0.1, 0.15) is 17.1 Å². The number of ether oxygens (including phenoxy) is 3. The second-order valence-corrected chi connectivity index (χ2v) is 10.2. The number of carbonyl (C=O) groups is 2. The number of hydrogen-bond acceptors (Lipinski definition) is 7. The topological polar surface area (TPSA) is 109 Å². The van der Waals surface area contributed by atoms with E-state index in [4.69, 9.17) is 14.2 Å². The summed E-state index contributed by atoms with van der Waals surface area (Å²) in [6.45, 7) is 0.573. The number of methoxy groups -OCH3 is 2. The molecule has 9 nitrogen and oxygen atoms in total. The zero-order valence-electron chi connectivity index (χ0n) is 25.4. The van der Waals surface area contributed by atoms with E-state index >= 15 is 0 Å². The van der Waals surface area contributed by atoms with Crippen LogP contribution in [0.2, 0.25) is 0 Å². The first-order valence-electron chi connectivity index (χ1n) is 14.6. The summed E-state index contributed by atoms with van der Waals surface area (Å²) in [5, 5.41) is 13.6. The fraction of sp³-hybridized carbons (Fsp3) is 0.394. The van der Waals surface area contributed by atoms with Gasteiger partial charge in [0.2, 0.25) is 5.91 Å². The molecule has 3 rings (SSSR count). The maximum atomic E-state index is 12.5. The summed E-state index contributed by atoms with van der Waals surface area (Å²) >= 11 is 0. The lowest BCUT2D eigenvalue weighted by molar-refractivity contribution is -0.173. The Morgan fingerprint density at radius 2 is 1.27 bits per heavy atom. The molecule has 0 saturated heterocycles. The molecule has 0 aliphatic carbocycles. The lowest BCUT2D eigenvalue weighted by Crippen LogP contribution is -2.44. The van der Waals surface area contributed by atoms with Crippen molar-refractivity contribution in [2.75, 3.05) is 60.2 Å². The summed E-state index contributed by atoms with van der Waals surface area (Å²) in [7, 11) is 3.21. The van der Waals surface area contributed by atoms with Crippen molar-refractivity contribution in [3.05, 3.63) is 95.6 Å². The minimum atomic E-state index is -4.98. The number of carbonyl (C=O) groups excluding carboxylic acids is 2. The van der Waals surface area contributed by atoms with Gasteiger partial charge < -0.3 is 30.0 Å². The van der Waals surface area contributed by atoms with Gasteiger partial charge in [0.25, 0.3) is 0 Å². The average Bonchev–Trinajstić information content (AvgIpc) is 3.05. The van der Waals surface area contributed by atoms with Gasteiger partial charge in [-0.05, 0) is 53.8 Å². The van der Waals surface area contributed by atoms with Crippen LogP contribution in [-0.4, -0.2) is 88.2 Å². The number of halogens is 3. The van der Waals surface area contributed by atoms with Gasteiger partial charge in [-0.3, -0.25) is 14.5 Å². The molecule has 0 unspecified atom stereocenters. The SMILES string of the molecule is COc1ccc(C(OCCCN(CCCO)CC(=O)NCCNC(=O)C(F)(F)F)(c2ccccc2)c2ccc(OC)cc2)cc1. The molecule has 3 aromatic carbocycles. The van der Waals surface area contributed by atoms with Crippen LogP contribution in [0.25, 0.3) is 0 Å². The van der Waals surface area contributed by atoms with E-state index < -0.39 is 23.6 Å². The molecular formula is C33H40F3N3O6. The van der Waals surface area contributed by atoms with Crippen molar-refractivity contribution in [1.29, 1.82) is 0 Å². The number of alkyl halides is 3. The number of hydrogen-bond donors (Lipinski definition) is 3. The molecule has 0 atom stereocenters. The molecule has 0 aliphatic rings. The van der Waals surface area contributed by atoms with Crippen molar-refractivity contribution >= 4 is 11.8 Å². The van der Waals surface area contributed by atoms with E-state index in [1.165, 1.54) is 0 Å². The maximum absolute atomic E-state index is 12.5. The molecule has 0 spiro atoms. The Kier molecular flexibility index (Phi) is 13.7. The van der Waals surface area contributed by atoms with Crippen molar-refractivity contribution in [3.8, 4) is 11.5 Å². The molecule has 0 bridgehead atoms. The molecule has 12 heteroatoms. The van der Waals surface area contributed by atoms with Crippen LogP contribution in [0.5, 0.6) is 11.5 Å². The van der Waals surface area contributed by atoms with E-state index in [1.807, 2.05) is 83.8 Å². The highest BCUT2D eigenvalue weighted by Gasteiger charge is 2.39. The van der Waals surface area contributed by atoms with E-state index in [0.717, 1.165) is 16.7 Å². The molecule has 0 aromatic heterocycles. The van der Waals surface area contributed by atoms with Crippen LogP contribution >= 0.6 is 0 Å². The lowest BCUT2D eigenvalue weighted by atomic mass is 9.80. The van der Waals surface area contributed by atoms with Crippen molar-refractivity contribution in [2.45, 2.75) is 24.6 Å². The van der Waals surface area contributed by atoms with Crippen LogP contribution in [0.3, 0.4) is 0 Å². The zero-order valence-corrected chi connectivity index (χ0v) is 25.4. The Morgan fingerprint density at radius 3 is 1.78 bits per heavy atom. The molecule has 0 heterocycles. The van der Waals surface area contributed by atoms with Gasteiger partial charge in [-0.1, -0.05) is 54.6 Å². The standard InChI is InChI=1S/C33H40F3N3O6/c1-43-28-14-10-26(11-15-28)32(25-8-4-3-5-9-25,27-12-16-29(44-2)17-13-27)45-23-7-21-39(20-6-22-40)24-30(41)37-18-19-38-31(42)33(34,35)36/h3-5,8-17,40H,6-7,18-24H2,1-2H3,(H,37,41)(H,38,42). The molecule has 3 aromatic rings. The maximum Gasteiger partial charge on any atom is 0.471 e. The Hall–Kier alpha value is -4.13. The van der Waals surface area contributed by atoms with Gasteiger partial charge in [0.15, 0.2) is 0 Å². The Bertz CT molecular complexity index is 1270. The number of rotatable bonds is 18. The van der Waals surface area contributed by atoms with E-state index in [9.17, 15) is 27.9 Å². The van der Waals surface area contributed by atoms with Gasteiger partial charge in [-0.15, -0.1) is 0 Å². The minimum Gasteiger partial charge on any atom is -0.497 e. The van der Waals surface area contributed by atoms with Crippen LogP contribution in [-0.2, 0) is 19.9 Å². The lowest BCUT2D eigenvalue weighted by Gasteiger charge is -2.36. The Morgan fingerprint density at radius 1 is 0.756 bits per heavy atom. The molecule has 244 valence electrons. The van der Waals surface area contributed by atoms with Crippen molar-refractivity contribution in [2.24, 2.45) is 0 Å². The molecule has 0 fully saturated rings. The van der Waals surface area contributed by atoms with Crippen LogP contribution in [0.15, 0.2) is 78.9 Å². The van der Waals surface area contributed by atoms with E-state index in [1.54, 1.807) is 19.5 Å². The zero-order chi connectivity index (χ0) is 32.7. The first-order valence-corrected chi connectivity index (χ1v) is 14.6. The number of amides is 2. The fourth-order valence-electron chi connectivity index (χ4n) is 4.89. The fourth-order valence-corrected chi connectivity index (χ4v) is 4.89. The first kappa shape index (κ1) is 35.4. The normalized spacial score (nSPS) is 11.7. The molecule has 0 radical (unpaired) electrons. The summed E-state index contributed by atoms with van der Waals surface area (Å²) in [5.74, 6) is -1.06. The average molecular weight is 632 g/mol. The Balaban J connectivity index is 1.75. The van der Waals surface area contributed by atoms with E-state index in [-0.39, 0.29) is 26.2 Å². The number of nitrogens with zero attached hydrogens (tertiary/aromatic N) is 1. The third kappa shape index (κ3) is 10.2. The van der Waals surface area contributed by atoms with E-state index in [2.05, 4.69) is 5.32 Å². The highest BCUT2D eigenvalue weighted by molar-refractivity contribution is 5.81. The summed E-state index contributed by atoms with van der Waals surface area (Å²) in [6.07, 6.45) is -4.02. The highest BCUT2D eigenvalue weighted by Crippen LogP contribution is 2.41. The summed E-state index contributed by atoms with van der Waals surface area (Å²) < 4.78 is 54.7. The second kappa shape index (κ2) is 17.4. The number of nitrogens with one attached hydrogen (secondary N) is 2. The monoisotopic (exact) mass is 631 g/mol. The summed E-state index contributed by atoms with van der Waals surface area (Å²) in [6, 6.07) is 25.2.